The zero-order valence-corrected chi connectivity index (χ0v) is 14.5. The van der Waals surface area contributed by atoms with E-state index in [1.807, 2.05) is 29.1 Å². The van der Waals surface area contributed by atoms with Gasteiger partial charge in [0.05, 0.1) is 19.3 Å². The SMILES string of the molecule is Cc1cnn(C[C@@H]2CCCN2Cc2nc(Cc3ccccc3)no2)c1. The maximum Gasteiger partial charge on any atom is 0.240 e. The molecule has 25 heavy (non-hydrogen) atoms. The first-order chi connectivity index (χ1) is 12.3. The highest BCUT2D eigenvalue weighted by Gasteiger charge is 2.26. The average Bonchev–Trinajstić information content (AvgIpc) is 3.33. The van der Waals surface area contributed by atoms with Gasteiger partial charge in [-0.2, -0.15) is 10.1 Å². The topological polar surface area (TPSA) is 60.0 Å². The van der Waals surface area contributed by atoms with E-state index in [1.54, 1.807) is 0 Å². The largest absolute Gasteiger partial charge is 0.338 e. The van der Waals surface area contributed by atoms with E-state index in [-0.39, 0.29) is 0 Å². The van der Waals surface area contributed by atoms with Crippen LogP contribution >= 0.6 is 0 Å². The summed E-state index contributed by atoms with van der Waals surface area (Å²) in [6.45, 7) is 4.77. The Kier molecular flexibility index (Phi) is 4.61. The van der Waals surface area contributed by atoms with Gasteiger partial charge in [0, 0.05) is 18.7 Å². The highest BCUT2D eigenvalue weighted by Crippen LogP contribution is 2.21. The van der Waals surface area contributed by atoms with Crippen LogP contribution in [0.2, 0.25) is 0 Å². The molecule has 0 aliphatic carbocycles. The number of likely N-dealkylation sites (tertiary alicyclic amines) is 1. The fourth-order valence-electron chi connectivity index (χ4n) is 3.47. The van der Waals surface area contributed by atoms with Crippen molar-refractivity contribution in [2.75, 3.05) is 6.54 Å². The summed E-state index contributed by atoms with van der Waals surface area (Å²) in [7, 11) is 0. The van der Waals surface area contributed by atoms with E-state index >= 15 is 0 Å². The van der Waals surface area contributed by atoms with Crippen LogP contribution < -0.4 is 0 Å². The lowest BCUT2D eigenvalue weighted by Crippen LogP contribution is -2.32. The summed E-state index contributed by atoms with van der Waals surface area (Å²) in [6.07, 6.45) is 7.11. The van der Waals surface area contributed by atoms with Crippen molar-refractivity contribution < 1.29 is 4.52 Å². The third kappa shape index (κ3) is 3.96. The van der Waals surface area contributed by atoms with E-state index in [2.05, 4.69) is 45.4 Å². The van der Waals surface area contributed by atoms with Gasteiger partial charge < -0.3 is 4.52 Å². The molecule has 3 aromatic rings. The van der Waals surface area contributed by atoms with Gasteiger partial charge in [-0.05, 0) is 37.4 Å². The molecule has 1 saturated heterocycles. The molecule has 4 rings (SSSR count). The van der Waals surface area contributed by atoms with Crippen molar-refractivity contribution in [1.82, 2.24) is 24.8 Å². The van der Waals surface area contributed by atoms with Gasteiger partial charge in [-0.25, -0.2) is 0 Å². The summed E-state index contributed by atoms with van der Waals surface area (Å²) in [5.41, 5.74) is 2.40. The van der Waals surface area contributed by atoms with Gasteiger partial charge in [-0.3, -0.25) is 9.58 Å². The minimum Gasteiger partial charge on any atom is -0.338 e. The van der Waals surface area contributed by atoms with E-state index in [0.717, 1.165) is 18.9 Å². The number of hydrogen-bond acceptors (Lipinski definition) is 5. The molecule has 130 valence electrons. The van der Waals surface area contributed by atoms with Crippen LogP contribution in [-0.2, 0) is 19.5 Å². The molecule has 3 heterocycles. The molecule has 0 unspecified atom stereocenters. The molecule has 1 aliphatic rings. The van der Waals surface area contributed by atoms with E-state index in [1.165, 1.54) is 24.0 Å². The predicted octanol–water partition coefficient (Wildman–Crippen LogP) is 2.83. The Balaban J connectivity index is 1.38. The number of aromatic nitrogens is 4. The molecule has 0 bridgehead atoms. The highest BCUT2D eigenvalue weighted by atomic mass is 16.5. The second-order valence-electron chi connectivity index (χ2n) is 6.77. The van der Waals surface area contributed by atoms with Crippen LogP contribution in [0.3, 0.4) is 0 Å². The standard InChI is InChI=1S/C19H23N5O/c1-15-11-20-24(12-15)13-17-8-5-9-23(17)14-19-21-18(22-25-19)10-16-6-3-2-4-7-16/h2-4,6-7,11-12,17H,5,8-10,13-14H2,1H3/t17-/m0/s1. The maximum atomic E-state index is 5.48. The number of aryl methyl sites for hydroxylation is 1. The van der Waals surface area contributed by atoms with Crippen molar-refractivity contribution >= 4 is 0 Å². The van der Waals surface area contributed by atoms with E-state index < -0.39 is 0 Å². The summed E-state index contributed by atoms with van der Waals surface area (Å²) >= 11 is 0. The lowest BCUT2D eigenvalue weighted by atomic mass is 10.1. The number of nitrogens with zero attached hydrogens (tertiary/aromatic N) is 5. The van der Waals surface area contributed by atoms with Gasteiger partial charge in [-0.15, -0.1) is 0 Å². The molecule has 1 atom stereocenters. The molecule has 1 aliphatic heterocycles. The van der Waals surface area contributed by atoms with Crippen molar-refractivity contribution in [2.24, 2.45) is 0 Å². The van der Waals surface area contributed by atoms with Crippen LogP contribution in [0.15, 0.2) is 47.2 Å². The Bertz CT molecular complexity index is 810. The predicted molar refractivity (Wildman–Crippen MR) is 93.9 cm³/mol. The van der Waals surface area contributed by atoms with Gasteiger partial charge in [0.2, 0.25) is 5.89 Å². The molecule has 2 aromatic heterocycles. The number of rotatable bonds is 6. The molecule has 0 amide bonds. The molecule has 0 spiro atoms. The van der Waals surface area contributed by atoms with Crippen LogP contribution in [-0.4, -0.2) is 37.4 Å². The minimum atomic E-state index is 0.476. The molecule has 6 heteroatoms. The maximum absolute atomic E-state index is 5.48. The first-order valence-electron chi connectivity index (χ1n) is 8.85. The Labute approximate surface area is 147 Å². The van der Waals surface area contributed by atoms with Crippen molar-refractivity contribution in [1.29, 1.82) is 0 Å². The summed E-state index contributed by atoms with van der Waals surface area (Å²) in [5, 5.41) is 8.55. The molecule has 1 fully saturated rings. The summed E-state index contributed by atoms with van der Waals surface area (Å²) in [4.78, 5) is 7.00. The van der Waals surface area contributed by atoms with E-state index in [0.29, 0.717) is 24.9 Å². The zero-order valence-electron chi connectivity index (χ0n) is 14.5. The second-order valence-corrected chi connectivity index (χ2v) is 6.77. The molecule has 6 nitrogen and oxygen atoms in total. The summed E-state index contributed by atoms with van der Waals surface area (Å²) in [6, 6.07) is 10.7. The fraction of sp³-hybridized carbons (Fsp3) is 0.421. The monoisotopic (exact) mass is 337 g/mol. The molecular formula is C19H23N5O. The number of benzene rings is 1. The zero-order chi connectivity index (χ0) is 17.1. The van der Waals surface area contributed by atoms with Crippen molar-refractivity contribution in [2.45, 2.75) is 45.3 Å². The quantitative estimate of drug-likeness (QED) is 0.692. The van der Waals surface area contributed by atoms with Gasteiger partial charge in [0.1, 0.15) is 0 Å². The lowest BCUT2D eigenvalue weighted by Gasteiger charge is -2.22. The van der Waals surface area contributed by atoms with Crippen LogP contribution in [0.1, 0.15) is 35.7 Å². The molecule has 0 radical (unpaired) electrons. The van der Waals surface area contributed by atoms with Gasteiger partial charge in [0.15, 0.2) is 5.82 Å². The average molecular weight is 337 g/mol. The number of hydrogen-bond donors (Lipinski definition) is 0. The first kappa shape index (κ1) is 16.0. The van der Waals surface area contributed by atoms with Crippen LogP contribution in [0.25, 0.3) is 0 Å². The Hall–Kier alpha value is -2.47. The molecular weight excluding hydrogens is 314 g/mol. The summed E-state index contributed by atoms with van der Waals surface area (Å²) in [5.74, 6) is 1.45. The third-order valence-electron chi connectivity index (χ3n) is 4.71. The minimum absolute atomic E-state index is 0.476. The fourth-order valence-corrected chi connectivity index (χ4v) is 3.47. The van der Waals surface area contributed by atoms with Crippen molar-refractivity contribution in [3.05, 3.63) is 65.6 Å². The Morgan fingerprint density at radius 3 is 2.92 bits per heavy atom. The Morgan fingerprint density at radius 2 is 2.12 bits per heavy atom. The van der Waals surface area contributed by atoms with Crippen molar-refractivity contribution in [3.8, 4) is 0 Å². The normalized spacial score (nSPS) is 18.0. The highest BCUT2D eigenvalue weighted by molar-refractivity contribution is 5.18. The van der Waals surface area contributed by atoms with Crippen molar-refractivity contribution in [3.63, 3.8) is 0 Å². The smallest absolute Gasteiger partial charge is 0.240 e. The first-order valence-corrected chi connectivity index (χ1v) is 8.85. The van der Waals surface area contributed by atoms with Crippen LogP contribution in [0.4, 0.5) is 0 Å². The third-order valence-corrected chi connectivity index (χ3v) is 4.71. The van der Waals surface area contributed by atoms with E-state index in [9.17, 15) is 0 Å². The van der Waals surface area contributed by atoms with E-state index in [4.69, 9.17) is 4.52 Å². The van der Waals surface area contributed by atoms with Crippen LogP contribution in [0, 0.1) is 6.92 Å². The summed E-state index contributed by atoms with van der Waals surface area (Å²) < 4.78 is 7.51. The molecule has 0 saturated carbocycles. The Morgan fingerprint density at radius 1 is 1.24 bits per heavy atom. The second kappa shape index (κ2) is 7.19. The van der Waals surface area contributed by atoms with Gasteiger partial charge in [0.25, 0.3) is 0 Å². The lowest BCUT2D eigenvalue weighted by molar-refractivity contribution is 0.192. The molecule has 1 aromatic carbocycles. The van der Waals surface area contributed by atoms with Crippen LogP contribution in [0.5, 0.6) is 0 Å². The molecule has 0 N–H and O–H groups in total. The van der Waals surface area contributed by atoms with Gasteiger partial charge in [-0.1, -0.05) is 35.5 Å². The van der Waals surface area contributed by atoms with Gasteiger partial charge >= 0.3 is 0 Å².